The highest BCUT2D eigenvalue weighted by atomic mass is 15.1. The Bertz CT molecular complexity index is 334. The number of nitrogens with zero attached hydrogens (tertiary/aromatic N) is 2. The van der Waals surface area contributed by atoms with E-state index in [1.807, 2.05) is 6.20 Å². The molecule has 0 aliphatic heterocycles. The zero-order chi connectivity index (χ0) is 13.4. The molecule has 0 amide bonds. The number of aromatic nitrogens is 1. The van der Waals surface area contributed by atoms with Gasteiger partial charge in [0, 0.05) is 37.6 Å². The molecule has 1 heterocycles. The molecule has 0 aliphatic rings. The minimum absolute atomic E-state index is 0.778. The Morgan fingerprint density at radius 1 is 1.22 bits per heavy atom. The SMILES string of the molecule is CCNc1cc(N(CC)CC(CC)CC)ccn1. The van der Waals surface area contributed by atoms with Gasteiger partial charge in [0.15, 0.2) is 0 Å². The summed E-state index contributed by atoms with van der Waals surface area (Å²) >= 11 is 0. The van der Waals surface area contributed by atoms with E-state index in [0.29, 0.717) is 0 Å². The molecule has 0 unspecified atom stereocenters. The van der Waals surface area contributed by atoms with Gasteiger partial charge in [0.05, 0.1) is 0 Å². The molecular weight excluding hydrogens is 222 g/mol. The van der Waals surface area contributed by atoms with E-state index in [1.54, 1.807) is 0 Å². The van der Waals surface area contributed by atoms with Gasteiger partial charge >= 0.3 is 0 Å². The standard InChI is InChI=1S/C15H27N3/c1-5-13(6-2)12-18(8-4)14-9-10-17-15(11-14)16-7-3/h9-11,13H,5-8,12H2,1-4H3,(H,16,17). The van der Waals surface area contributed by atoms with Crippen LogP contribution in [0.4, 0.5) is 11.5 Å². The van der Waals surface area contributed by atoms with Crippen molar-refractivity contribution in [2.45, 2.75) is 40.5 Å². The third-order valence-corrected chi connectivity index (χ3v) is 3.48. The Kier molecular flexibility index (Phi) is 6.55. The number of nitrogens with one attached hydrogen (secondary N) is 1. The van der Waals surface area contributed by atoms with Crippen LogP contribution in [0.1, 0.15) is 40.5 Å². The van der Waals surface area contributed by atoms with Crippen molar-refractivity contribution in [3.05, 3.63) is 18.3 Å². The summed E-state index contributed by atoms with van der Waals surface area (Å²) in [4.78, 5) is 6.77. The molecule has 0 aliphatic carbocycles. The molecule has 1 rings (SSSR count). The molecular formula is C15H27N3. The number of hydrogen-bond donors (Lipinski definition) is 1. The Morgan fingerprint density at radius 3 is 2.50 bits per heavy atom. The van der Waals surface area contributed by atoms with Crippen LogP contribution in [0.5, 0.6) is 0 Å². The van der Waals surface area contributed by atoms with Gasteiger partial charge in [-0.3, -0.25) is 0 Å². The first kappa shape index (κ1) is 14.8. The van der Waals surface area contributed by atoms with E-state index in [-0.39, 0.29) is 0 Å². The Labute approximate surface area is 112 Å². The van der Waals surface area contributed by atoms with E-state index in [4.69, 9.17) is 0 Å². The van der Waals surface area contributed by atoms with E-state index >= 15 is 0 Å². The number of anilines is 2. The molecule has 0 spiro atoms. The zero-order valence-corrected chi connectivity index (χ0v) is 12.2. The summed E-state index contributed by atoms with van der Waals surface area (Å²) in [7, 11) is 0. The summed E-state index contributed by atoms with van der Waals surface area (Å²) in [5.41, 5.74) is 1.27. The van der Waals surface area contributed by atoms with Crippen molar-refractivity contribution in [1.82, 2.24) is 4.98 Å². The Balaban J connectivity index is 2.77. The molecule has 0 bridgehead atoms. The van der Waals surface area contributed by atoms with E-state index in [2.05, 4.69) is 55.0 Å². The first-order valence-electron chi connectivity index (χ1n) is 7.19. The van der Waals surface area contributed by atoms with Crippen molar-refractivity contribution in [2.24, 2.45) is 5.92 Å². The zero-order valence-electron chi connectivity index (χ0n) is 12.2. The normalized spacial score (nSPS) is 10.7. The quantitative estimate of drug-likeness (QED) is 0.760. The van der Waals surface area contributed by atoms with Gasteiger partial charge in [-0.25, -0.2) is 4.98 Å². The summed E-state index contributed by atoms with van der Waals surface area (Å²) in [5, 5.41) is 3.27. The van der Waals surface area contributed by atoms with Crippen LogP contribution in [0.2, 0.25) is 0 Å². The van der Waals surface area contributed by atoms with Crippen LogP contribution in [-0.4, -0.2) is 24.6 Å². The van der Waals surface area contributed by atoms with Crippen LogP contribution in [0.15, 0.2) is 18.3 Å². The molecule has 0 aromatic carbocycles. The summed E-state index contributed by atoms with van der Waals surface area (Å²) < 4.78 is 0. The Morgan fingerprint density at radius 2 is 1.94 bits per heavy atom. The first-order valence-corrected chi connectivity index (χ1v) is 7.19. The lowest BCUT2D eigenvalue weighted by molar-refractivity contribution is 0.486. The fourth-order valence-corrected chi connectivity index (χ4v) is 2.17. The van der Waals surface area contributed by atoms with Crippen LogP contribution in [0, 0.1) is 5.92 Å². The van der Waals surface area contributed by atoms with Crippen molar-refractivity contribution in [3.63, 3.8) is 0 Å². The molecule has 1 N–H and O–H groups in total. The average Bonchev–Trinajstić information content (AvgIpc) is 2.41. The minimum Gasteiger partial charge on any atom is -0.371 e. The lowest BCUT2D eigenvalue weighted by atomic mass is 10.0. The predicted octanol–water partition coefficient (Wildman–Crippen LogP) is 3.78. The monoisotopic (exact) mass is 249 g/mol. The molecule has 18 heavy (non-hydrogen) atoms. The lowest BCUT2D eigenvalue weighted by Gasteiger charge is -2.27. The number of hydrogen-bond acceptors (Lipinski definition) is 3. The molecule has 3 heteroatoms. The smallest absolute Gasteiger partial charge is 0.127 e. The third-order valence-electron chi connectivity index (χ3n) is 3.48. The number of rotatable bonds is 8. The summed E-state index contributed by atoms with van der Waals surface area (Å²) in [6.45, 7) is 12.0. The van der Waals surface area contributed by atoms with Crippen molar-refractivity contribution in [1.29, 1.82) is 0 Å². The highest BCUT2D eigenvalue weighted by Crippen LogP contribution is 2.20. The van der Waals surface area contributed by atoms with E-state index in [1.165, 1.54) is 18.5 Å². The predicted molar refractivity (Wildman–Crippen MR) is 80.4 cm³/mol. The maximum atomic E-state index is 4.33. The third kappa shape index (κ3) is 4.21. The van der Waals surface area contributed by atoms with Crippen molar-refractivity contribution < 1.29 is 0 Å². The molecule has 3 nitrogen and oxygen atoms in total. The molecule has 102 valence electrons. The second-order valence-corrected chi connectivity index (χ2v) is 4.65. The highest BCUT2D eigenvalue weighted by molar-refractivity contribution is 5.53. The molecule has 1 aromatic heterocycles. The van der Waals surface area contributed by atoms with Crippen LogP contribution < -0.4 is 10.2 Å². The van der Waals surface area contributed by atoms with Gasteiger partial charge in [0.1, 0.15) is 5.82 Å². The van der Waals surface area contributed by atoms with Gasteiger partial charge in [-0.2, -0.15) is 0 Å². The van der Waals surface area contributed by atoms with E-state index < -0.39 is 0 Å². The largest absolute Gasteiger partial charge is 0.371 e. The fourth-order valence-electron chi connectivity index (χ4n) is 2.17. The van der Waals surface area contributed by atoms with Crippen molar-refractivity contribution in [2.75, 3.05) is 29.9 Å². The van der Waals surface area contributed by atoms with Gasteiger partial charge in [-0.15, -0.1) is 0 Å². The molecule has 1 aromatic rings. The van der Waals surface area contributed by atoms with Crippen LogP contribution in [0.25, 0.3) is 0 Å². The fraction of sp³-hybridized carbons (Fsp3) is 0.667. The first-order chi connectivity index (χ1) is 8.74. The van der Waals surface area contributed by atoms with Crippen LogP contribution in [-0.2, 0) is 0 Å². The number of pyridine rings is 1. The van der Waals surface area contributed by atoms with Gasteiger partial charge < -0.3 is 10.2 Å². The van der Waals surface area contributed by atoms with Gasteiger partial charge in [0.2, 0.25) is 0 Å². The summed E-state index contributed by atoms with van der Waals surface area (Å²) in [6.07, 6.45) is 4.39. The van der Waals surface area contributed by atoms with Crippen LogP contribution in [0.3, 0.4) is 0 Å². The van der Waals surface area contributed by atoms with Gasteiger partial charge in [-0.1, -0.05) is 26.7 Å². The molecule has 0 saturated heterocycles. The maximum Gasteiger partial charge on any atom is 0.127 e. The maximum absolute atomic E-state index is 4.33. The average molecular weight is 249 g/mol. The molecule has 0 atom stereocenters. The van der Waals surface area contributed by atoms with Crippen LogP contribution >= 0.6 is 0 Å². The Hall–Kier alpha value is -1.25. The van der Waals surface area contributed by atoms with Crippen molar-refractivity contribution in [3.8, 4) is 0 Å². The van der Waals surface area contributed by atoms with Gasteiger partial charge in [-0.05, 0) is 25.8 Å². The second-order valence-electron chi connectivity index (χ2n) is 4.65. The second kappa shape index (κ2) is 7.96. The summed E-state index contributed by atoms with van der Waals surface area (Å²) in [6, 6.07) is 4.25. The topological polar surface area (TPSA) is 28.2 Å². The lowest BCUT2D eigenvalue weighted by Crippen LogP contribution is -2.29. The summed E-state index contributed by atoms with van der Waals surface area (Å²) in [5.74, 6) is 1.75. The van der Waals surface area contributed by atoms with E-state index in [0.717, 1.165) is 31.4 Å². The van der Waals surface area contributed by atoms with E-state index in [9.17, 15) is 0 Å². The highest BCUT2D eigenvalue weighted by Gasteiger charge is 2.11. The van der Waals surface area contributed by atoms with Crippen molar-refractivity contribution >= 4 is 11.5 Å². The molecule has 0 radical (unpaired) electrons. The van der Waals surface area contributed by atoms with Gasteiger partial charge in [0.25, 0.3) is 0 Å². The molecule has 0 saturated carbocycles. The molecule has 0 fully saturated rings. The minimum atomic E-state index is 0.778.